The van der Waals surface area contributed by atoms with Crippen LogP contribution in [0.4, 0.5) is 5.69 Å². The molecule has 0 saturated carbocycles. The normalized spacial score (nSPS) is 11.2. The van der Waals surface area contributed by atoms with E-state index in [-0.39, 0.29) is 18.0 Å². The summed E-state index contributed by atoms with van der Waals surface area (Å²) >= 11 is 0. The number of amides is 1. The van der Waals surface area contributed by atoms with Crippen LogP contribution < -0.4 is 14.8 Å². The van der Waals surface area contributed by atoms with E-state index in [9.17, 15) is 13.2 Å². The molecule has 0 atom stereocenters. The quantitative estimate of drug-likeness (QED) is 0.276. The standard InChI is InChI=1S/C29H28N2O5S/c1-2-35-25-17-19-28(20-18-25)37(33,34)31(21-23-9-5-3-6-10-23)22-29(32)30-24-13-15-27(16-14-24)36-26-11-7-4-8-12-26/h3-20H,2,21-22H2,1H3,(H,30,32). The van der Waals surface area contributed by atoms with Gasteiger partial charge >= 0.3 is 0 Å². The summed E-state index contributed by atoms with van der Waals surface area (Å²) in [6.07, 6.45) is 0. The molecule has 4 aromatic rings. The number of para-hydroxylation sites is 1. The van der Waals surface area contributed by atoms with E-state index in [1.165, 1.54) is 16.4 Å². The molecule has 0 bridgehead atoms. The number of carbonyl (C=O) groups is 1. The van der Waals surface area contributed by atoms with Crippen molar-refractivity contribution in [3.8, 4) is 17.2 Å². The second kappa shape index (κ2) is 12.2. The Morgan fingerprint density at radius 2 is 1.32 bits per heavy atom. The molecule has 0 unspecified atom stereocenters. The van der Waals surface area contributed by atoms with E-state index >= 15 is 0 Å². The molecule has 0 aliphatic rings. The van der Waals surface area contributed by atoms with Gasteiger partial charge < -0.3 is 14.8 Å². The van der Waals surface area contributed by atoms with Crippen LogP contribution in [0, 0.1) is 0 Å². The number of anilines is 1. The van der Waals surface area contributed by atoms with Crippen molar-refractivity contribution in [2.45, 2.75) is 18.4 Å². The molecule has 4 rings (SSSR count). The van der Waals surface area contributed by atoms with E-state index in [4.69, 9.17) is 9.47 Å². The molecule has 0 aliphatic heterocycles. The molecule has 7 nitrogen and oxygen atoms in total. The second-order valence-corrected chi connectivity index (χ2v) is 10.1. The summed E-state index contributed by atoms with van der Waals surface area (Å²) in [6.45, 7) is 2.03. The first-order chi connectivity index (χ1) is 17.9. The highest BCUT2D eigenvalue weighted by atomic mass is 32.2. The summed E-state index contributed by atoms with van der Waals surface area (Å²) in [6, 6.07) is 31.6. The third kappa shape index (κ3) is 7.19. The lowest BCUT2D eigenvalue weighted by Crippen LogP contribution is -2.37. The number of ether oxygens (including phenoxy) is 2. The van der Waals surface area contributed by atoms with Gasteiger partial charge in [-0.05, 0) is 73.2 Å². The highest BCUT2D eigenvalue weighted by molar-refractivity contribution is 7.89. The van der Waals surface area contributed by atoms with Crippen molar-refractivity contribution >= 4 is 21.6 Å². The van der Waals surface area contributed by atoms with Crippen LogP contribution in [-0.2, 0) is 21.4 Å². The summed E-state index contributed by atoms with van der Waals surface area (Å²) in [7, 11) is -3.96. The fraction of sp³-hybridized carbons (Fsp3) is 0.138. The Labute approximate surface area is 217 Å². The van der Waals surface area contributed by atoms with Gasteiger partial charge in [0.25, 0.3) is 0 Å². The molecule has 1 amide bonds. The van der Waals surface area contributed by atoms with E-state index in [2.05, 4.69) is 5.32 Å². The molecule has 0 aliphatic carbocycles. The maximum absolute atomic E-state index is 13.5. The Hall–Kier alpha value is -4.14. The van der Waals surface area contributed by atoms with Crippen molar-refractivity contribution in [2.24, 2.45) is 0 Å². The molecule has 0 heterocycles. The molecule has 37 heavy (non-hydrogen) atoms. The maximum atomic E-state index is 13.5. The van der Waals surface area contributed by atoms with E-state index < -0.39 is 15.9 Å². The average Bonchev–Trinajstić information content (AvgIpc) is 2.91. The molecule has 0 saturated heterocycles. The number of sulfonamides is 1. The predicted octanol–water partition coefficient (Wildman–Crippen LogP) is 5.71. The number of benzene rings is 4. The van der Waals surface area contributed by atoms with Gasteiger partial charge in [0.2, 0.25) is 15.9 Å². The van der Waals surface area contributed by atoms with Crippen molar-refractivity contribution in [1.82, 2.24) is 4.31 Å². The van der Waals surface area contributed by atoms with Gasteiger partial charge in [0, 0.05) is 12.2 Å². The number of nitrogens with zero attached hydrogens (tertiary/aromatic N) is 1. The zero-order valence-corrected chi connectivity index (χ0v) is 21.2. The fourth-order valence-corrected chi connectivity index (χ4v) is 5.01. The zero-order valence-electron chi connectivity index (χ0n) is 20.4. The summed E-state index contributed by atoms with van der Waals surface area (Å²) < 4.78 is 39.4. The molecule has 4 aromatic carbocycles. The molecule has 0 fully saturated rings. The van der Waals surface area contributed by atoms with E-state index in [1.54, 1.807) is 36.4 Å². The Morgan fingerprint density at radius 1 is 0.757 bits per heavy atom. The van der Waals surface area contributed by atoms with Crippen molar-refractivity contribution in [1.29, 1.82) is 0 Å². The molecule has 190 valence electrons. The smallest absolute Gasteiger partial charge is 0.243 e. The monoisotopic (exact) mass is 516 g/mol. The van der Waals surface area contributed by atoms with Crippen molar-refractivity contribution in [3.63, 3.8) is 0 Å². The first-order valence-electron chi connectivity index (χ1n) is 11.8. The average molecular weight is 517 g/mol. The highest BCUT2D eigenvalue weighted by Gasteiger charge is 2.27. The van der Waals surface area contributed by atoms with Gasteiger partial charge in [-0.15, -0.1) is 0 Å². The zero-order chi connectivity index (χ0) is 26.1. The van der Waals surface area contributed by atoms with Crippen LogP contribution in [-0.4, -0.2) is 31.8 Å². The molecular formula is C29H28N2O5S. The van der Waals surface area contributed by atoms with Crippen LogP contribution in [0.15, 0.2) is 114 Å². The summed E-state index contributed by atoms with van der Waals surface area (Å²) in [4.78, 5) is 13.0. The lowest BCUT2D eigenvalue weighted by atomic mass is 10.2. The lowest BCUT2D eigenvalue weighted by Gasteiger charge is -2.22. The first-order valence-corrected chi connectivity index (χ1v) is 13.3. The topological polar surface area (TPSA) is 84.9 Å². The van der Waals surface area contributed by atoms with Crippen molar-refractivity contribution in [3.05, 3.63) is 115 Å². The Morgan fingerprint density at radius 3 is 1.95 bits per heavy atom. The molecule has 8 heteroatoms. The van der Waals surface area contributed by atoms with Gasteiger partial charge in [-0.3, -0.25) is 4.79 Å². The van der Waals surface area contributed by atoms with Crippen LogP contribution in [0.5, 0.6) is 17.2 Å². The molecule has 0 radical (unpaired) electrons. The Kier molecular flexibility index (Phi) is 8.56. The number of nitrogens with one attached hydrogen (secondary N) is 1. The second-order valence-electron chi connectivity index (χ2n) is 8.15. The minimum atomic E-state index is -3.96. The van der Waals surface area contributed by atoms with Crippen LogP contribution in [0.25, 0.3) is 0 Å². The summed E-state index contributed by atoms with van der Waals surface area (Å²) in [5.41, 5.74) is 1.30. The van der Waals surface area contributed by atoms with E-state index in [0.717, 1.165) is 5.56 Å². The van der Waals surface area contributed by atoms with Gasteiger partial charge in [-0.1, -0.05) is 48.5 Å². The summed E-state index contributed by atoms with van der Waals surface area (Å²) in [5.74, 6) is 1.44. The maximum Gasteiger partial charge on any atom is 0.243 e. The Balaban J connectivity index is 1.48. The molecular weight excluding hydrogens is 488 g/mol. The highest BCUT2D eigenvalue weighted by Crippen LogP contribution is 2.24. The van der Waals surface area contributed by atoms with Crippen LogP contribution in [0.1, 0.15) is 12.5 Å². The molecule has 0 aromatic heterocycles. The number of hydrogen-bond donors (Lipinski definition) is 1. The predicted molar refractivity (Wildman–Crippen MR) is 143 cm³/mol. The van der Waals surface area contributed by atoms with Crippen LogP contribution >= 0.6 is 0 Å². The van der Waals surface area contributed by atoms with Crippen molar-refractivity contribution < 1.29 is 22.7 Å². The van der Waals surface area contributed by atoms with E-state index in [0.29, 0.717) is 29.5 Å². The van der Waals surface area contributed by atoms with Gasteiger partial charge in [0.15, 0.2) is 0 Å². The van der Waals surface area contributed by atoms with Crippen LogP contribution in [0.3, 0.4) is 0 Å². The summed E-state index contributed by atoms with van der Waals surface area (Å²) in [5, 5.41) is 2.78. The van der Waals surface area contributed by atoms with Gasteiger partial charge in [-0.25, -0.2) is 8.42 Å². The van der Waals surface area contributed by atoms with E-state index in [1.807, 2.05) is 67.6 Å². The fourth-order valence-electron chi connectivity index (χ4n) is 3.63. The van der Waals surface area contributed by atoms with Gasteiger partial charge in [0.1, 0.15) is 17.2 Å². The first kappa shape index (κ1) is 25.9. The number of carbonyl (C=O) groups excluding carboxylic acids is 1. The Bertz CT molecular complexity index is 1390. The lowest BCUT2D eigenvalue weighted by molar-refractivity contribution is -0.116. The SMILES string of the molecule is CCOc1ccc(S(=O)(=O)N(CC(=O)Nc2ccc(Oc3ccccc3)cc2)Cc2ccccc2)cc1. The minimum Gasteiger partial charge on any atom is -0.494 e. The van der Waals surface area contributed by atoms with Gasteiger partial charge in [-0.2, -0.15) is 4.31 Å². The minimum absolute atomic E-state index is 0.0493. The van der Waals surface area contributed by atoms with Gasteiger partial charge in [0.05, 0.1) is 18.0 Å². The van der Waals surface area contributed by atoms with Crippen molar-refractivity contribution in [2.75, 3.05) is 18.5 Å². The third-order valence-corrected chi connectivity index (χ3v) is 7.22. The number of rotatable bonds is 11. The molecule has 1 N–H and O–H groups in total. The largest absolute Gasteiger partial charge is 0.494 e. The third-order valence-electron chi connectivity index (χ3n) is 5.41. The van der Waals surface area contributed by atoms with Crippen LogP contribution in [0.2, 0.25) is 0 Å². The number of hydrogen-bond acceptors (Lipinski definition) is 5. The molecule has 0 spiro atoms.